The predicted molar refractivity (Wildman–Crippen MR) is 68.4 cm³/mol. The number of hydrogen-bond donors (Lipinski definition) is 2. The van der Waals surface area contributed by atoms with Gasteiger partial charge < -0.3 is 5.11 Å². The quantitative estimate of drug-likeness (QED) is 0.752. The summed E-state index contributed by atoms with van der Waals surface area (Å²) in [7, 11) is -3.55. The largest absolute Gasteiger partial charge is 0.481 e. The maximum Gasteiger partial charge on any atom is 0.307 e. The first kappa shape index (κ1) is 15.4. The van der Waals surface area contributed by atoms with Gasteiger partial charge in [-0.1, -0.05) is 13.8 Å². The molecule has 1 heterocycles. The second-order valence-corrected chi connectivity index (χ2v) is 6.37. The summed E-state index contributed by atoms with van der Waals surface area (Å²) in [4.78, 5) is 10.9. The number of nitrogens with one attached hydrogen (secondary N) is 1. The van der Waals surface area contributed by atoms with Crippen molar-refractivity contribution in [1.82, 2.24) is 9.03 Å². The van der Waals surface area contributed by atoms with Crippen LogP contribution in [-0.4, -0.2) is 42.9 Å². The van der Waals surface area contributed by atoms with Crippen molar-refractivity contribution in [2.24, 2.45) is 5.92 Å². The van der Waals surface area contributed by atoms with E-state index >= 15 is 0 Å². The highest BCUT2D eigenvalue weighted by molar-refractivity contribution is 7.87. The average molecular weight is 278 g/mol. The fourth-order valence-corrected chi connectivity index (χ4v) is 3.75. The molecule has 0 saturated carbocycles. The van der Waals surface area contributed by atoms with Crippen LogP contribution in [-0.2, 0) is 15.0 Å². The van der Waals surface area contributed by atoms with Crippen LogP contribution in [0.4, 0.5) is 0 Å². The molecule has 1 aliphatic heterocycles. The smallest absolute Gasteiger partial charge is 0.307 e. The van der Waals surface area contributed by atoms with Gasteiger partial charge in [0.1, 0.15) is 0 Å². The summed E-state index contributed by atoms with van der Waals surface area (Å²) in [5.41, 5.74) is 0. The first-order chi connectivity index (χ1) is 8.40. The Morgan fingerprint density at radius 3 is 2.56 bits per heavy atom. The van der Waals surface area contributed by atoms with Crippen molar-refractivity contribution < 1.29 is 18.3 Å². The molecule has 0 aromatic carbocycles. The number of nitrogens with zero attached hydrogens (tertiary/aromatic N) is 1. The van der Waals surface area contributed by atoms with Crippen LogP contribution in [0, 0.1) is 5.92 Å². The summed E-state index contributed by atoms with van der Waals surface area (Å²) in [5, 5.41) is 8.95. The van der Waals surface area contributed by atoms with Gasteiger partial charge in [0.2, 0.25) is 0 Å². The summed E-state index contributed by atoms with van der Waals surface area (Å²) in [6, 6.07) is -0.0831. The van der Waals surface area contributed by atoms with E-state index in [0.29, 0.717) is 19.4 Å². The molecular weight excluding hydrogens is 256 g/mol. The molecule has 1 rings (SSSR count). The summed E-state index contributed by atoms with van der Waals surface area (Å²) in [5.74, 6) is -1.51. The third-order valence-electron chi connectivity index (χ3n) is 3.37. The average Bonchev–Trinajstić information content (AvgIpc) is 2.36. The topological polar surface area (TPSA) is 86.7 Å². The molecule has 1 atom stereocenters. The van der Waals surface area contributed by atoms with Crippen LogP contribution in [0.3, 0.4) is 0 Å². The fraction of sp³-hybridized carbons (Fsp3) is 0.909. The molecule has 1 unspecified atom stereocenters. The Labute approximate surface area is 109 Å². The van der Waals surface area contributed by atoms with Crippen LogP contribution in [0.15, 0.2) is 0 Å². The van der Waals surface area contributed by atoms with Crippen molar-refractivity contribution in [3.8, 4) is 0 Å². The molecular formula is C11H22N2O4S. The lowest BCUT2D eigenvalue weighted by atomic mass is 10.0. The summed E-state index contributed by atoms with van der Waals surface area (Å²) in [6.45, 7) is 4.32. The zero-order valence-corrected chi connectivity index (χ0v) is 11.7. The highest BCUT2D eigenvalue weighted by Crippen LogP contribution is 2.19. The number of hydrogen-bond acceptors (Lipinski definition) is 3. The summed E-state index contributed by atoms with van der Waals surface area (Å²) in [6.07, 6.45) is 2.60. The lowest BCUT2D eigenvalue weighted by Gasteiger charge is -2.31. The van der Waals surface area contributed by atoms with Crippen LogP contribution in [0.1, 0.15) is 39.5 Å². The van der Waals surface area contributed by atoms with Gasteiger partial charge in [-0.2, -0.15) is 17.4 Å². The Morgan fingerprint density at radius 2 is 2.06 bits per heavy atom. The van der Waals surface area contributed by atoms with E-state index in [1.807, 2.05) is 13.8 Å². The van der Waals surface area contributed by atoms with Crippen LogP contribution < -0.4 is 4.72 Å². The van der Waals surface area contributed by atoms with E-state index in [4.69, 9.17) is 5.11 Å². The maximum atomic E-state index is 12.1. The molecule has 0 aromatic rings. The van der Waals surface area contributed by atoms with E-state index in [9.17, 15) is 13.2 Å². The monoisotopic (exact) mass is 278 g/mol. The molecule has 0 aromatic heterocycles. The SMILES string of the molecule is CCC(CC)NS(=O)(=O)N1CCCC(C(=O)O)C1. The van der Waals surface area contributed by atoms with Gasteiger partial charge in [-0.3, -0.25) is 4.79 Å². The Balaban J connectivity index is 2.69. The van der Waals surface area contributed by atoms with E-state index in [2.05, 4.69) is 4.72 Å². The van der Waals surface area contributed by atoms with Gasteiger partial charge in [0.25, 0.3) is 10.2 Å². The highest BCUT2D eigenvalue weighted by Gasteiger charge is 2.32. The first-order valence-corrected chi connectivity index (χ1v) is 7.84. The molecule has 2 N–H and O–H groups in total. The maximum absolute atomic E-state index is 12.1. The van der Waals surface area contributed by atoms with E-state index in [0.717, 1.165) is 12.8 Å². The van der Waals surface area contributed by atoms with Crippen LogP contribution >= 0.6 is 0 Å². The lowest BCUT2D eigenvalue weighted by molar-refractivity contribution is -0.142. The Hall–Kier alpha value is -0.660. The van der Waals surface area contributed by atoms with Crippen molar-refractivity contribution in [3.05, 3.63) is 0 Å². The Morgan fingerprint density at radius 1 is 1.44 bits per heavy atom. The molecule has 18 heavy (non-hydrogen) atoms. The number of carboxylic acid groups (broad SMARTS) is 1. The minimum atomic E-state index is -3.55. The van der Waals surface area contributed by atoms with Crippen molar-refractivity contribution in [1.29, 1.82) is 0 Å². The van der Waals surface area contributed by atoms with E-state index in [1.54, 1.807) is 0 Å². The molecule has 0 bridgehead atoms. The van der Waals surface area contributed by atoms with Gasteiger partial charge in [0.15, 0.2) is 0 Å². The standard InChI is InChI=1S/C11H22N2O4S/c1-3-10(4-2)12-18(16,17)13-7-5-6-9(8-13)11(14)15/h9-10,12H,3-8H2,1-2H3,(H,14,15). The van der Waals surface area contributed by atoms with Crippen molar-refractivity contribution in [3.63, 3.8) is 0 Å². The van der Waals surface area contributed by atoms with Crippen LogP contribution in [0.25, 0.3) is 0 Å². The molecule has 1 aliphatic rings. The zero-order valence-electron chi connectivity index (χ0n) is 10.9. The molecule has 106 valence electrons. The number of piperidine rings is 1. The predicted octanol–water partition coefficient (Wildman–Crippen LogP) is 0.806. The second kappa shape index (κ2) is 6.49. The summed E-state index contributed by atoms with van der Waals surface area (Å²) < 4.78 is 28.1. The van der Waals surface area contributed by atoms with E-state index in [-0.39, 0.29) is 12.6 Å². The molecule has 0 aliphatic carbocycles. The van der Waals surface area contributed by atoms with Gasteiger partial charge in [0, 0.05) is 19.1 Å². The molecule has 6 nitrogen and oxygen atoms in total. The third kappa shape index (κ3) is 3.93. The number of rotatable bonds is 6. The highest BCUT2D eigenvalue weighted by atomic mass is 32.2. The Kier molecular flexibility index (Phi) is 5.55. The van der Waals surface area contributed by atoms with Crippen molar-refractivity contribution in [2.75, 3.05) is 13.1 Å². The van der Waals surface area contributed by atoms with Crippen molar-refractivity contribution >= 4 is 16.2 Å². The molecule has 1 fully saturated rings. The number of carboxylic acids is 1. The Bertz CT molecular complexity index is 379. The van der Waals surface area contributed by atoms with Gasteiger partial charge in [-0.25, -0.2) is 0 Å². The van der Waals surface area contributed by atoms with E-state index < -0.39 is 22.1 Å². The molecule has 0 radical (unpaired) electrons. The first-order valence-electron chi connectivity index (χ1n) is 6.40. The minimum absolute atomic E-state index is 0.0742. The lowest BCUT2D eigenvalue weighted by Crippen LogP contribution is -2.49. The normalized spacial score (nSPS) is 22.3. The molecule has 7 heteroatoms. The number of carbonyl (C=O) groups is 1. The minimum Gasteiger partial charge on any atom is -0.481 e. The second-order valence-electron chi connectivity index (χ2n) is 4.67. The van der Waals surface area contributed by atoms with Crippen LogP contribution in [0.5, 0.6) is 0 Å². The summed E-state index contributed by atoms with van der Waals surface area (Å²) >= 11 is 0. The van der Waals surface area contributed by atoms with Crippen molar-refractivity contribution in [2.45, 2.75) is 45.6 Å². The van der Waals surface area contributed by atoms with Gasteiger partial charge in [-0.05, 0) is 25.7 Å². The van der Waals surface area contributed by atoms with E-state index in [1.165, 1.54) is 4.31 Å². The van der Waals surface area contributed by atoms with Gasteiger partial charge in [-0.15, -0.1) is 0 Å². The molecule has 0 spiro atoms. The van der Waals surface area contributed by atoms with Gasteiger partial charge >= 0.3 is 5.97 Å². The third-order valence-corrected chi connectivity index (χ3v) is 5.02. The fourth-order valence-electron chi connectivity index (χ4n) is 2.10. The zero-order chi connectivity index (χ0) is 13.8. The van der Waals surface area contributed by atoms with Crippen LogP contribution in [0.2, 0.25) is 0 Å². The molecule has 1 saturated heterocycles. The van der Waals surface area contributed by atoms with Gasteiger partial charge in [0.05, 0.1) is 5.92 Å². The number of aliphatic carboxylic acids is 1. The molecule has 0 amide bonds.